The molecule has 4 nitrogen and oxygen atoms in total. The van der Waals surface area contributed by atoms with Gasteiger partial charge in [0.25, 0.3) is 0 Å². The highest BCUT2D eigenvalue weighted by molar-refractivity contribution is 7.18. The molecule has 0 saturated heterocycles. The van der Waals surface area contributed by atoms with Gasteiger partial charge in [-0.3, -0.25) is 4.98 Å². The first-order valence-electron chi connectivity index (χ1n) is 6.53. The molecule has 0 unspecified atom stereocenters. The zero-order valence-electron chi connectivity index (χ0n) is 11.8. The smallest absolute Gasteiger partial charge is 0.148 e. The maximum atomic E-state index is 4.66. The number of nitrogens with zero attached hydrogens (tertiary/aromatic N) is 3. The zero-order valence-corrected chi connectivity index (χ0v) is 12.6. The highest BCUT2D eigenvalue weighted by atomic mass is 32.1. The van der Waals surface area contributed by atoms with Gasteiger partial charge in [0.2, 0.25) is 0 Å². The molecule has 0 amide bonds. The van der Waals surface area contributed by atoms with E-state index in [2.05, 4.69) is 26.3 Å². The Labute approximate surface area is 121 Å². The van der Waals surface area contributed by atoms with Crippen molar-refractivity contribution in [1.82, 2.24) is 15.0 Å². The second-order valence-corrected chi connectivity index (χ2v) is 5.81. The summed E-state index contributed by atoms with van der Waals surface area (Å²) in [5.41, 5.74) is 3.94. The molecule has 20 heavy (non-hydrogen) atoms. The fourth-order valence-corrected chi connectivity index (χ4v) is 3.08. The minimum Gasteiger partial charge on any atom is -0.372 e. The molecule has 0 bridgehead atoms. The van der Waals surface area contributed by atoms with Crippen LogP contribution < -0.4 is 5.32 Å². The molecule has 1 aromatic carbocycles. The van der Waals surface area contributed by atoms with E-state index in [0.29, 0.717) is 6.42 Å². The van der Waals surface area contributed by atoms with Crippen LogP contribution in [0.1, 0.15) is 22.1 Å². The lowest BCUT2D eigenvalue weighted by Crippen LogP contribution is -2.06. The first-order chi connectivity index (χ1) is 9.67. The molecule has 0 radical (unpaired) electrons. The Bertz CT molecular complexity index is 731. The van der Waals surface area contributed by atoms with Crippen LogP contribution in [0, 0.1) is 13.8 Å². The predicted octanol–water partition coefficient (Wildman–Crippen LogP) is 3.34. The third kappa shape index (κ3) is 2.36. The van der Waals surface area contributed by atoms with E-state index in [0.717, 1.165) is 33.4 Å². The van der Waals surface area contributed by atoms with Gasteiger partial charge in [0, 0.05) is 13.5 Å². The third-order valence-corrected chi connectivity index (χ3v) is 4.31. The maximum absolute atomic E-state index is 4.66. The number of thiazole rings is 1. The van der Waals surface area contributed by atoms with Gasteiger partial charge in [0.15, 0.2) is 0 Å². The molecule has 0 fully saturated rings. The molecular weight excluding hydrogens is 268 g/mol. The number of para-hydroxylation sites is 1. The van der Waals surface area contributed by atoms with Crippen molar-refractivity contribution in [2.75, 3.05) is 12.4 Å². The normalized spacial score (nSPS) is 10.9. The van der Waals surface area contributed by atoms with E-state index < -0.39 is 0 Å². The van der Waals surface area contributed by atoms with E-state index in [9.17, 15) is 0 Å². The van der Waals surface area contributed by atoms with Gasteiger partial charge in [-0.2, -0.15) is 0 Å². The molecule has 0 spiro atoms. The van der Waals surface area contributed by atoms with Gasteiger partial charge in [-0.25, -0.2) is 9.97 Å². The Morgan fingerprint density at radius 1 is 1.05 bits per heavy atom. The van der Waals surface area contributed by atoms with Crippen LogP contribution in [0.25, 0.3) is 10.2 Å². The molecule has 0 aliphatic heterocycles. The molecule has 102 valence electrons. The Morgan fingerprint density at radius 2 is 1.80 bits per heavy atom. The van der Waals surface area contributed by atoms with Crippen LogP contribution in [0.3, 0.4) is 0 Å². The van der Waals surface area contributed by atoms with Gasteiger partial charge in [-0.05, 0) is 26.0 Å². The van der Waals surface area contributed by atoms with Gasteiger partial charge in [-0.15, -0.1) is 11.3 Å². The van der Waals surface area contributed by atoms with Crippen molar-refractivity contribution in [3.8, 4) is 0 Å². The van der Waals surface area contributed by atoms with Crippen molar-refractivity contribution in [2.45, 2.75) is 20.3 Å². The third-order valence-electron chi connectivity index (χ3n) is 3.27. The van der Waals surface area contributed by atoms with Crippen LogP contribution >= 0.6 is 11.3 Å². The fourth-order valence-electron chi connectivity index (χ4n) is 2.11. The lowest BCUT2D eigenvalue weighted by Gasteiger charge is -2.09. The van der Waals surface area contributed by atoms with Crippen molar-refractivity contribution in [3.63, 3.8) is 0 Å². The molecule has 0 aliphatic carbocycles. The van der Waals surface area contributed by atoms with Crippen molar-refractivity contribution in [2.24, 2.45) is 0 Å². The van der Waals surface area contributed by atoms with Crippen molar-refractivity contribution in [3.05, 3.63) is 46.4 Å². The van der Waals surface area contributed by atoms with E-state index in [-0.39, 0.29) is 0 Å². The highest BCUT2D eigenvalue weighted by Crippen LogP contribution is 2.25. The van der Waals surface area contributed by atoms with Crippen LogP contribution in [-0.2, 0) is 6.42 Å². The summed E-state index contributed by atoms with van der Waals surface area (Å²) >= 11 is 1.71. The van der Waals surface area contributed by atoms with E-state index in [1.54, 1.807) is 11.3 Å². The minimum absolute atomic E-state index is 0.712. The monoisotopic (exact) mass is 284 g/mol. The Morgan fingerprint density at radius 3 is 2.55 bits per heavy atom. The lowest BCUT2D eigenvalue weighted by atomic mass is 10.2. The molecule has 2 aromatic heterocycles. The second-order valence-electron chi connectivity index (χ2n) is 4.69. The number of nitrogens with one attached hydrogen (secondary N) is 1. The largest absolute Gasteiger partial charge is 0.372 e. The van der Waals surface area contributed by atoms with Crippen LogP contribution in [-0.4, -0.2) is 22.0 Å². The quantitative estimate of drug-likeness (QED) is 0.801. The number of aryl methyl sites for hydroxylation is 2. The van der Waals surface area contributed by atoms with Gasteiger partial charge in [0.1, 0.15) is 5.82 Å². The summed E-state index contributed by atoms with van der Waals surface area (Å²) in [6, 6.07) is 8.20. The summed E-state index contributed by atoms with van der Waals surface area (Å²) in [5.74, 6) is 0.840. The Balaban J connectivity index is 1.99. The number of aromatic nitrogens is 3. The van der Waals surface area contributed by atoms with Crippen LogP contribution in [0.4, 0.5) is 5.82 Å². The molecule has 3 aromatic rings. The van der Waals surface area contributed by atoms with Gasteiger partial charge in [0.05, 0.1) is 32.3 Å². The zero-order chi connectivity index (χ0) is 14.1. The molecule has 0 atom stereocenters. The predicted molar refractivity (Wildman–Crippen MR) is 83.5 cm³/mol. The Hall–Kier alpha value is -2.01. The van der Waals surface area contributed by atoms with Gasteiger partial charge >= 0.3 is 0 Å². The number of hydrogen-bond acceptors (Lipinski definition) is 5. The van der Waals surface area contributed by atoms with Crippen molar-refractivity contribution < 1.29 is 0 Å². The molecule has 0 saturated carbocycles. The number of hydrogen-bond donors (Lipinski definition) is 1. The number of rotatable bonds is 3. The van der Waals surface area contributed by atoms with Crippen LogP contribution in [0.5, 0.6) is 0 Å². The number of fused-ring (bicyclic) bond motifs is 1. The fraction of sp³-hybridized carbons (Fsp3) is 0.267. The standard InChI is InChI=1S/C15H16N4S/c1-9-10(2)18-15(16-3)12(17-9)8-14-19-11-6-4-5-7-13(11)20-14/h4-7H,8H2,1-3H3,(H,16,18). The molecule has 3 rings (SSSR count). The van der Waals surface area contributed by atoms with Crippen LogP contribution in [0.15, 0.2) is 24.3 Å². The topological polar surface area (TPSA) is 50.7 Å². The van der Waals surface area contributed by atoms with E-state index >= 15 is 0 Å². The number of benzene rings is 1. The van der Waals surface area contributed by atoms with Crippen LogP contribution in [0.2, 0.25) is 0 Å². The second kappa shape index (κ2) is 5.17. The highest BCUT2D eigenvalue weighted by Gasteiger charge is 2.11. The summed E-state index contributed by atoms with van der Waals surface area (Å²) in [6.07, 6.45) is 0.712. The minimum atomic E-state index is 0.712. The van der Waals surface area contributed by atoms with Gasteiger partial charge < -0.3 is 5.32 Å². The lowest BCUT2D eigenvalue weighted by molar-refractivity contribution is 0.957. The molecular formula is C15H16N4S. The maximum Gasteiger partial charge on any atom is 0.148 e. The van der Waals surface area contributed by atoms with Crippen molar-refractivity contribution >= 4 is 27.4 Å². The Kier molecular flexibility index (Phi) is 3.36. The summed E-state index contributed by atoms with van der Waals surface area (Å²) in [5, 5.41) is 4.19. The summed E-state index contributed by atoms with van der Waals surface area (Å²) in [4.78, 5) is 13.9. The van der Waals surface area contributed by atoms with E-state index in [4.69, 9.17) is 0 Å². The first-order valence-corrected chi connectivity index (χ1v) is 7.35. The van der Waals surface area contributed by atoms with Gasteiger partial charge in [-0.1, -0.05) is 12.1 Å². The molecule has 5 heteroatoms. The molecule has 2 heterocycles. The summed E-state index contributed by atoms with van der Waals surface area (Å²) in [7, 11) is 1.88. The average Bonchev–Trinajstić information content (AvgIpc) is 2.84. The first kappa shape index (κ1) is 13.0. The van der Waals surface area contributed by atoms with Crippen molar-refractivity contribution in [1.29, 1.82) is 0 Å². The number of anilines is 1. The molecule has 1 N–H and O–H groups in total. The summed E-state index contributed by atoms with van der Waals surface area (Å²) in [6.45, 7) is 3.97. The average molecular weight is 284 g/mol. The summed E-state index contributed by atoms with van der Waals surface area (Å²) < 4.78 is 1.21. The van der Waals surface area contributed by atoms with E-state index in [1.165, 1.54) is 4.70 Å². The van der Waals surface area contributed by atoms with E-state index in [1.807, 2.05) is 39.1 Å². The molecule has 0 aliphatic rings. The SMILES string of the molecule is CNc1nc(C)c(C)nc1Cc1nc2ccccc2s1.